The first-order valence-electron chi connectivity index (χ1n) is 3.79. The highest BCUT2D eigenvalue weighted by Crippen LogP contribution is 2.16. The Morgan fingerprint density at radius 1 is 1.62 bits per heavy atom. The van der Waals surface area contributed by atoms with Crippen molar-refractivity contribution in [3.8, 4) is 5.75 Å². The largest absolute Gasteiger partial charge is 0.508 e. The molecule has 0 heterocycles. The summed E-state index contributed by atoms with van der Waals surface area (Å²) in [5.41, 5.74) is 6.37. The Kier molecular flexibility index (Phi) is 2.87. The smallest absolute Gasteiger partial charge is 0.338 e. The van der Waals surface area contributed by atoms with Gasteiger partial charge in [0.1, 0.15) is 5.75 Å². The molecule has 1 rings (SSSR count). The van der Waals surface area contributed by atoms with Crippen LogP contribution >= 0.6 is 0 Å². The van der Waals surface area contributed by atoms with Gasteiger partial charge in [-0.1, -0.05) is 6.07 Å². The van der Waals surface area contributed by atoms with E-state index in [1.54, 1.807) is 6.07 Å². The molecule has 0 unspecified atom stereocenters. The molecule has 0 bridgehead atoms. The minimum absolute atomic E-state index is 0.0256. The first-order chi connectivity index (χ1) is 6.19. The van der Waals surface area contributed by atoms with Crippen LogP contribution in [0.5, 0.6) is 5.75 Å². The predicted molar refractivity (Wildman–Crippen MR) is 47.3 cm³/mol. The summed E-state index contributed by atoms with van der Waals surface area (Å²) in [6.45, 7) is 0.241. The molecule has 0 spiro atoms. The number of phenols is 1. The second-order valence-corrected chi connectivity index (χ2v) is 2.54. The van der Waals surface area contributed by atoms with Gasteiger partial charge in [-0.3, -0.25) is 0 Å². The molecule has 0 aromatic heterocycles. The monoisotopic (exact) mass is 181 g/mol. The standard InChI is InChI=1S/C9H11NO3/c1-13-9(12)8-4-7(11)3-2-6(8)5-10/h2-4,11H,5,10H2,1H3. The van der Waals surface area contributed by atoms with E-state index >= 15 is 0 Å². The Balaban J connectivity index is 3.15. The van der Waals surface area contributed by atoms with E-state index in [0.717, 1.165) is 0 Å². The van der Waals surface area contributed by atoms with Gasteiger partial charge in [-0.15, -0.1) is 0 Å². The average molecular weight is 181 g/mol. The molecular weight excluding hydrogens is 170 g/mol. The first-order valence-corrected chi connectivity index (χ1v) is 3.79. The lowest BCUT2D eigenvalue weighted by molar-refractivity contribution is 0.0599. The lowest BCUT2D eigenvalue weighted by Crippen LogP contribution is -2.08. The summed E-state index contributed by atoms with van der Waals surface area (Å²) in [6, 6.07) is 4.42. The van der Waals surface area contributed by atoms with Gasteiger partial charge in [-0.2, -0.15) is 0 Å². The lowest BCUT2D eigenvalue weighted by Gasteiger charge is -2.05. The van der Waals surface area contributed by atoms with E-state index in [0.29, 0.717) is 11.1 Å². The molecule has 1 aromatic carbocycles. The summed E-state index contributed by atoms with van der Waals surface area (Å²) < 4.78 is 4.53. The summed E-state index contributed by atoms with van der Waals surface area (Å²) in [5.74, 6) is -0.464. The normalized spacial score (nSPS) is 9.69. The van der Waals surface area contributed by atoms with Gasteiger partial charge in [0.05, 0.1) is 12.7 Å². The van der Waals surface area contributed by atoms with E-state index in [1.807, 2.05) is 0 Å². The van der Waals surface area contributed by atoms with Gasteiger partial charge in [0.25, 0.3) is 0 Å². The number of esters is 1. The van der Waals surface area contributed by atoms with Crippen molar-refractivity contribution in [2.24, 2.45) is 5.73 Å². The maximum Gasteiger partial charge on any atom is 0.338 e. The van der Waals surface area contributed by atoms with E-state index in [4.69, 9.17) is 10.8 Å². The van der Waals surface area contributed by atoms with Crippen molar-refractivity contribution in [2.75, 3.05) is 7.11 Å². The number of phenolic OH excluding ortho intramolecular Hbond substituents is 1. The van der Waals surface area contributed by atoms with Gasteiger partial charge >= 0.3 is 5.97 Å². The van der Waals surface area contributed by atoms with Crippen molar-refractivity contribution in [2.45, 2.75) is 6.54 Å². The molecule has 0 aliphatic heterocycles. The fourth-order valence-electron chi connectivity index (χ4n) is 1.04. The maximum absolute atomic E-state index is 11.2. The Labute approximate surface area is 75.9 Å². The second-order valence-electron chi connectivity index (χ2n) is 2.54. The summed E-state index contributed by atoms with van der Waals surface area (Å²) >= 11 is 0. The second kappa shape index (κ2) is 3.91. The Morgan fingerprint density at radius 2 is 2.31 bits per heavy atom. The van der Waals surface area contributed by atoms with Crippen LogP contribution in [-0.4, -0.2) is 18.2 Å². The van der Waals surface area contributed by atoms with Gasteiger partial charge in [0, 0.05) is 6.54 Å². The summed E-state index contributed by atoms with van der Waals surface area (Å²) in [4.78, 5) is 11.2. The number of carbonyl (C=O) groups is 1. The number of nitrogens with two attached hydrogens (primary N) is 1. The van der Waals surface area contributed by atoms with Crippen LogP contribution in [0.4, 0.5) is 0 Å². The third-order valence-corrected chi connectivity index (χ3v) is 1.72. The van der Waals surface area contributed by atoms with Crippen molar-refractivity contribution in [1.82, 2.24) is 0 Å². The Morgan fingerprint density at radius 3 is 2.85 bits per heavy atom. The zero-order chi connectivity index (χ0) is 9.84. The topological polar surface area (TPSA) is 72.5 Å². The zero-order valence-corrected chi connectivity index (χ0v) is 7.28. The molecule has 70 valence electrons. The van der Waals surface area contributed by atoms with E-state index in [9.17, 15) is 4.79 Å². The number of rotatable bonds is 2. The number of aromatic hydroxyl groups is 1. The van der Waals surface area contributed by atoms with Crippen LogP contribution < -0.4 is 5.73 Å². The number of hydrogen-bond donors (Lipinski definition) is 2. The van der Waals surface area contributed by atoms with Crippen molar-refractivity contribution in [3.63, 3.8) is 0 Å². The summed E-state index contributed by atoms with van der Waals surface area (Å²) in [5, 5.41) is 9.13. The molecule has 0 aliphatic carbocycles. The molecule has 13 heavy (non-hydrogen) atoms. The molecule has 0 saturated heterocycles. The van der Waals surface area contributed by atoms with Crippen LogP contribution in [0.3, 0.4) is 0 Å². The van der Waals surface area contributed by atoms with Gasteiger partial charge < -0.3 is 15.6 Å². The van der Waals surface area contributed by atoms with E-state index in [2.05, 4.69) is 4.74 Å². The van der Waals surface area contributed by atoms with E-state index in [-0.39, 0.29) is 12.3 Å². The van der Waals surface area contributed by atoms with E-state index < -0.39 is 5.97 Å². The molecule has 0 aliphatic rings. The Hall–Kier alpha value is -1.55. The zero-order valence-electron chi connectivity index (χ0n) is 7.28. The third kappa shape index (κ3) is 1.97. The maximum atomic E-state index is 11.2. The molecule has 3 N–H and O–H groups in total. The quantitative estimate of drug-likeness (QED) is 0.656. The van der Waals surface area contributed by atoms with Crippen molar-refractivity contribution in [1.29, 1.82) is 0 Å². The fraction of sp³-hybridized carbons (Fsp3) is 0.222. The van der Waals surface area contributed by atoms with Gasteiger partial charge in [-0.25, -0.2) is 4.79 Å². The Bertz CT molecular complexity index is 323. The van der Waals surface area contributed by atoms with Crippen molar-refractivity contribution >= 4 is 5.97 Å². The molecular formula is C9H11NO3. The fourth-order valence-corrected chi connectivity index (χ4v) is 1.04. The number of carbonyl (C=O) groups excluding carboxylic acids is 1. The summed E-state index contributed by atoms with van der Waals surface area (Å²) in [6.07, 6.45) is 0. The number of benzene rings is 1. The van der Waals surface area contributed by atoms with Gasteiger partial charge in [0.2, 0.25) is 0 Å². The molecule has 0 fully saturated rings. The molecule has 0 amide bonds. The van der Waals surface area contributed by atoms with Crippen LogP contribution in [-0.2, 0) is 11.3 Å². The number of hydrogen-bond acceptors (Lipinski definition) is 4. The number of ether oxygens (including phenoxy) is 1. The van der Waals surface area contributed by atoms with Crippen molar-refractivity contribution < 1.29 is 14.6 Å². The molecule has 1 aromatic rings. The highest BCUT2D eigenvalue weighted by Gasteiger charge is 2.10. The summed E-state index contributed by atoms with van der Waals surface area (Å²) in [7, 11) is 1.28. The van der Waals surface area contributed by atoms with E-state index in [1.165, 1.54) is 19.2 Å². The molecule has 0 radical (unpaired) electrons. The molecule has 0 atom stereocenters. The predicted octanol–water partition coefficient (Wildman–Crippen LogP) is 0.638. The van der Waals surface area contributed by atoms with Crippen LogP contribution in [0, 0.1) is 0 Å². The van der Waals surface area contributed by atoms with Crippen LogP contribution in [0.1, 0.15) is 15.9 Å². The highest BCUT2D eigenvalue weighted by atomic mass is 16.5. The highest BCUT2D eigenvalue weighted by molar-refractivity contribution is 5.91. The van der Waals surface area contributed by atoms with Crippen molar-refractivity contribution in [3.05, 3.63) is 29.3 Å². The average Bonchev–Trinajstić information content (AvgIpc) is 2.16. The molecule has 4 heteroatoms. The van der Waals surface area contributed by atoms with Gasteiger partial charge in [-0.05, 0) is 17.7 Å². The third-order valence-electron chi connectivity index (χ3n) is 1.72. The van der Waals surface area contributed by atoms with Crippen LogP contribution in [0.15, 0.2) is 18.2 Å². The lowest BCUT2D eigenvalue weighted by atomic mass is 10.1. The molecule has 4 nitrogen and oxygen atoms in total. The number of methoxy groups -OCH3 is 1. The minimum Gasteiger partial charge on any atom is -0.508 e. The molecule has 0 saturated carbocycles. The minimum atomic E-state index is -0.489. The van der Waals surface area contributed by atoms with Crippen LogP contribution in [0.2, 0.25) is 0 Å². The first kappa shape index (κ1) is 9.54. The van der Waals surface area contributed by atoms with Crippen LogP contribution in [0.25, 0.3) is 0 Å². The SMILES string of the molecule is COC(=O)c1cc(O)ccc1CN. The van der Waals surface area contributed by atoms with Gasteiger partial charge in [0.15, 0.2) is 0 Å².